The van der Waals surface area contributed by atoms with Crippen molar-refractivity contribution in [2.45, 2.75) is 13.0 Å². The van der Waals surface area contributed by atoms with E-state index >= 15 is 0 Å². The smallest absolute Gasteiger partial charge is 0.253 e. The van der Waals surface area contributed by atoms with Crippen molar-refractivity contribution in [3.8, 4) is 0 Å². The van der Waals surface area contributed by atoms with E-state index in [1.807, 2.05) is 18.2 Å². The normalized spacial score (nSPS) is 13.3. The van der Waals surface area contributed by atoms with E-state index < -0.39 is 0 Å². The highest BCUT2D eigenvalue weighted by Gasteiger charge is 2.17. The third kappa shape index (κ3) is 5.68. The second kappa shape index (κ2) is 10.7. The Morgan fingerprint density at radius 3 is 2.85 bits per heavy atom. The summed E-state index contributed by atoms with van der Waals surface area (Å²) in [4.78, 5) is 23.6. The summed E-state index contributed by atoms with van der Waals surface area (Å²) >= 11 is 3.50. The lowest BCUT2D eigenvalue weighted by molar-refractivity contribution is 0.0964. The number of methoxy groups -OCH3 is 1. The van der Waals surface area contributed by atoms with Crippen LogP contribution in [0.5, 0.6) is 0 Å². The number of benzene rings is 2. The van der Waals surface area contributed by atoms with E-state index in [2.05, 4.69) is 64.9 Å². The van der Waals surface area contributed by atoms with Gasteiger partial charge in [-0.25, -0.2) is 4.98 Å². The van der Waals surface area contributed by atoms with Crippen LogP contribution in [0.15, 0.2) is 53.1 Å². The molecule has 33 heavy (non-hydrogen) atoms. The molecule has 0 bridgehead atoms. The van der Waals surface area contributed by atoms with Gasteiger partial charge < -0.3 is 20.7 Å². The van der Waals surface area contributed by atoms with Gasteiger partial charge in [-0.3, -0.25) is 9.69 Å². The minimum Gasteiger partial charge on any atom is -0.383 e. The van der Waals surface area contributed by atoms with Crippen molar-refractivity contribution in [1.29, 1.82) is 0 Å². The minimum atomic E-state index is -0.171. The van der Waals surface area contributed by atoms with E-state index in [1.54, 1.807) is 26.4 Å². The predicted molar refractivity (Wildman–Crippen MR) is 133 cm³/mol. The van der Waals surface area contributed by atoms with Gasteiger partial charge in [0.1, 0.15) is 5.82 Å². The van der Waals surface area contributed by atoms with Crippen LogP contribution in [0, 0.1) is 0 Å². The molecule has 0 radical (unpaired) electrons. The van der Waals surface area contributed by atoms with E-state index in [1.165, 1.54) is 11.1 Å². The number of fused-ring (bicyclic) bond motifs is 1. The number of rotatable bonds is 8. The highest BCUT2D eigenvalue weighted by molar-refractivity contribution is 9.10. The standard InChI is InChI=1S/C24H27BrN6O2/c1-26-23(32)19-5-3-4-6-21(19)29-22-20(25)14-27-24(30-22)28-18-8-7-16-9-10-31(11-12-33-2)15-17(16)13-18/h3-8,13-14H,9-12,15H2,1-2H3,(H,26,32)(H2,27,28,29,30). The minimum absolute atomic E-state index is 0.171. The number of halogens is 1. The van der Waals surface area contributed by atoms with Crippen LogP contribution in [-0.4, -0.2) is 54.6 Å². The number of para-hydroxylation sites is 1. The maximum absolute atomic E-state index is 12.2. The first-order valence-corrected chi connectivity index (χ1v) is 11.6. The molecule has 0 saturated heterocycles. The Labute approximate surface area is 201 Å². The molecule has 3 N–H and O–H groups in total. The van der Waals surface area contributed by atoms with Crippen LogP contribution in [0.25, 0.3) is 0 Å². The molecule has 1 aromatic heterocycles. The zero-order valence-corrected chi connectivity index (χ0v) is 20.3. The maximum Gasteiger partial charge on any atom is 0.253 e. The molecule has 0 fully saturated rings. The Morgan fingerprint density at radius 1 is 1.18 bits per heavy atom. The first-order valence-electron chi connectivity index (χ1n) is 10.8. The number of hydrogen-bond acceptors (Lipinski definition) is 7. The van der Waals surface area contributed by atoms with Gasteiger partial charge in [-0.1, -0.05) is 18.2 Å². The molecule has 2 aromatic carbocycles. The number of aromatic nitrogens is 2. The summed E-state index contributed by atoms with van der Waals surface area (Å²) in [5.74, 6) is 0.855. The molecule has 3 aromatic rings. The molecule has 2 heterocycles. The number of anilines is 4. The number of ether oxygens (including phenoxy) is 1. The molecule has 0 atom stereocenters. The van der Waals surface area contributed by atoms with Crippen LogP contribution >= 0.6 is 15.9 Å². The Bertz CT molecular complexity index is 1140. The predicted octanol–water partition coefficient (Wildman–Crippen LogP) is 4.09. The lowest BCUT2D eigenvalue weighted by Crippen LogP contribution is -2.33. The number of nitrogens with zero attached hydrogens (tertiary/aromatic N) is 3. The fourth-order valence-corrected chi connectivity index (χ4v) is 4.09. The van der Waals surface area contributed by atoms with Crippen LogP contribution in [0.2, 0.25) is 0 Å². The fourth-order valence-electron chi connectivity index (χ4n) is 3.80. The maximum atomic E-state index is 12.2. The third-order valence-corrected chi connectivity index (χ3v) is 6.14. The van der Waals surface area contributed by atoms with Crippen molar-refractivity contribution in [3.05, 3.63) is 69.8 Å². The first-order chi connectivity index (χ1) is 16.1. The quantitative estimate of drug-likeness (QED) is 0.420. The molecule has 4 rings (SSSR count). The number of carbonyl (C=O) groups is 1. The molecule has 0 aliphatic carbocycles. The molecule has 0 spiro atoms. The average Bonchev–Trinajstić information content (AvgIpc) is 2.84. The highest BCUT2D eigenvalue weighted by Crippen LogP contribution is 2.28. The Kier molecular flexibility index (Phi) is 7.54. The number of hydrogen-bond donors (Lipinski definition) is 3. The molecule has 0 saturated carbocycles. The van der Waals surface area contributed by atoms with Crippen LogP contribution in [0.4, 0.5) is 23.1 Å². The van der Waals surface area contributed by atoms with Gasteiger partial charge in [0.2, 0.25) is 5.95 Å². The van der Waals surface area contributed by atoms with Crippen molar-refractivity contribution < 1.29 is 9.53 Å². The van der Waals surface area contributed by atoms with Crippen LogP contribution in [0.1, 0.15) is 21.5 Å². The van der Waals surface area contributed by atoms with Gasteiger partial charge in [-0.05, 0) is 57.7 Å². The molecular formula is C24H27BrN6O2. The van der Waals surface area contributed by atoms with Crippen LogP contribution < -0.4 is 16.0 Å². The fraction of sp³-hybridized carbons (Fsp3) is 0.292. The van der Waals surface area contributed by atoms with Crippen molar-refractivity contribution >= 4 is 45.0 Å². The van der Waals surface area contributed by atoms with Crippen molar-refractivity contribution in [1.82, 2.24) is 20.2 Å². The van der Waals surface area contributed by atoms with Gasteiger partial charge in [0.25, 0.3) is 5.91 Å². The molecule has 1 aliphatic heterocycles. The van der Waals surface area contributed by atoms with E-state index in [0.29, 0.717) is 27.5 Å². The number of carbonyl (C=O) groups excluding carboxylic acids is 1. The molecule has 172 valence electrons. The van der Waals surface area contributed by atoms with Crippen LogP contribution in [-0.2, 0) is 17.7 Å². The zero-order chi connectivity index (χ0) is 23.2. The summed E-state index contributed by atoms with van der Waals surface area (Å²) in [7, 11) is 3.34. The molecule has 1 amide bonds. The van der Waals surface area contributed by atoms with Crippen LogP contribution in [0.3, 0.4) is 0 Å². The molecule has 1 aliphatic rings. The van der Waals surface area contributed by atoms with E-state index in [-0.39, 0.29) is 5.91 Å². The molecular weight excluding hydrogens is 484 g/mol. The SMILES string of the molecule is CNC(=O)c1ccccc1Nc1nc(Nc2ccc3c(c2)CN(CCOC)CC3)ncc1Br. The largest absolute Gasteiger partial charge is 0.383 e. The third-order valence-electron chi connectivity index (χ3n) is 5.56. The van der Waals surface area contributed by atoms with Crippen molar-refractivity contribution in [3.63, 3.8) is 0 Å². The number of nitrogens with one attached hydrogen (secondary N) is 3. The second-order valence-electron chi connectivity index (χ2n) is 7.77. The lowest BCUT2D eigenvalue weighted by atomic mass is 9.99. The van der Waals surface area contributed by atoms with E-state index in [9.17, 15) is 4.79 Å². The van der Waals surface area contributed by atoms with Crippen molar-refractivity contribution in [2.24, 2.45) is 0 Å². The van der Waals surface area contributed by atoms with Gasteiger partial charge in [0.15, 0.2) is 0 Å². The summed E-state index contributed by atoms with van der Waals surface area (Å²) in [6.45, 7) is 3.61. The Morgan fingerprint density at radius 2 is 2.03 bits per heavy atom. The average molecular weight is 511 g/mol. The second-order valence-corrected chi connectivity index (χ2v) is 8.62. The Hall–Kier alpha value is -3.01. The molecule has 0 unspecified atom stereocenters. The zero-order valence-electron chi connectivity index (χ0n) is 18.7. The summed E-state index contributed by atoms with van der Waals surface area (Å²) in [6.07, 6.45) is 2.72. The van der Waals surface area contributed by atoms with Gasteiger partial charge in [0.05, 0.1) is 22.3 Å². The highest BCUT2D eigenvalue weighted by atomic mass is 79.9. The monoisotopic (exact) mass is 510 g/mol. The van der Waals surface area contributed by atoms with Gasteiger partial charge in [-0.15, -0.1) is 0 Å². The first kappa shape index (κ1) is 23.2. The lowest BCUT2D eigenvalue weighted by Gasteiger charge is -2.28. The topological polar surface area (TPSA) is 91.4 Å². The Balaban J connectivity index is 1.52. The number of amides is 1. The van der Waals surface area contributed by atoms with E-state index in [4.69, 9.17) is 4.74 Å². The summed E-state index contributed by atoms with van der Waals surface area (Å²) in [5, 5.41) is 9.21. The van der Waals surface area contributed by atoms with E-state index in [0.717, 1.165) is 38.3 Å². The molecule has 8 nitrogen and oxygen atoms in total. The summed E-state index contributed by atoms with van der Waals surface area (Å²) in [5.41, 5.74) is 4.80. The molecule has 9 heteroatoms. The van der Waals surface area contributed by atoms with Gasteiger partial charge in [0, 0.05) is 45.7 Å². The van der Waals surface area contributed by atoms with Gasteiger partial charge >= 0.3 is 0 Å². The summed E-state index contributed by atoms with van der Waals surface area (Å²) < 4.78 is 5.92. The van der Waals surface area contributed by atoms with Crippen molar-refractivity contribution in [2.75, 3.05) is 44.5 Å². The van der Waals surface area contributed by atoms with Gasteiger partial charge in [-0.2, -0.15) is 4.98 Å². The summed E-state index contributed by atoms with van der Waals surface area (Å²) in [6, 6.07) is 13.7.